The van der Waals surface area contributed by atoms with E-state index in [1.54, 1.807) is 24.3 Å². The van der Waals surface area contributed by atoms with E-state index < -0.39 is 0 Å². The molecule has 110 valence electrons. The highest BCUT2D eigenvalue weighted by Gasteiger charge is 2.21. The fraction of sp³-hybridized carbons (Fsp3) is 0.286. The van der Waals surface area contributed by atoms with Crippen molar-refractivity contribution in [2.24, 2.45) is 0 Å². The smallest absolute Gasteiger partial charge is 0.269 e. The molecule has 1 aliphatic rings. The number of aromatic nitrogens is 1. The molecule has 5 nitrogen and oxygen atoms in total. The van der Waals surface area contributed by atoms with E-state index in [-0.39, 0.29) is 11.7 Å². The fourth-order valence-corrected chi connectivity index (χ4v) is 3.40. The molecular formula is C14H15ClN4OS. The molecule has 1 fully saturated rings. The Hall–Kier alpha value is -1.79. The maximum atomic E-state index is 12.3. The largest absolute Gasteiger partial charge is 0.382 e. The van der Waals surface area contributed by atoms with Crippen molar-refractivity contribution >= 4 is 45.5 Å². The predicted octanol–water partition coefficient (Wildman–Crippen LogP) is 3.23. The second-order valence-electron chi connectivity index (χ2n) is 4.87. The molecule has 1 saturated heterocycles. The maximum absolute atomic E-state index is 12.3. The molecule has 2 heterocycles. The minimum Gasteiger partial charge on any atom is -0.382 e. The van der Waals surface area contributed by atoms with Crippen molar-refractivity contribution in [3.8, 4) is 0 Å². The number of halogens is 1. The summed E-state index contributed by atoms with van der Waals surface area (Å²) in [6.45, 7) is 1.95. The molecule has 7 heteroatoms. The van der Waals surface area contributed by atoms with Crippen LogP contribution in [0.1, 0.15) is 22.5 Å². The van der Waals surface area contributed by atoms with Gasteiger partial charge in [-0.15, -0.1) is 0 Å². The Kier molecular flexibility index (Phi) is 3.98. The third-order valence-corrected chi connectivity index (χ3v) is 4.67. The Morgan fingerprint density at radius 2 is 2.14 bits per heavy atom. The van der Waals surface area contributed by atoms with Crippen LogP contribution < -0.4 is 16.0 Å². The van der Waals surface area contributed by atoms with Gasteiger partial charge >= 0.3 is 0 Å². The number of carbonyl (C=O) groups is 1. The molecule has 1 aromatic heterocycles. The Morgan fingerprint density at radius 3 is 2.86 bits per heavy atom. The predicted molar refractivity (Wildman–Crippen MR) is 87.4 cm³/mol. The minimum absolute atomic E-state index is 0.252. The van der Waals surface area contributed by atoms with Crippen molar-refractivity contribution in [1.82, 2.24) is 4.98 Å². The lowest BCUT2D eigenvalue weighted by Crippen LogP contribution is -2.17. The van der Waals surface area contributed by atoms with E-state index in [1.165, 1.54) is 11.3 Å². The van der Waals surface area contributed by atoms with E-state index >= 15 is 0 Å². The lowest BCUT2D eigenvalue weighted by atomic mass is 10.3. The molecule has 3 N–H and O–H groups in total. The van der Waals surface area contributed by atoms with Gasteiger partial charge < -0.3 is 16.0 Å². The number of thiazole rings is 1. The van der Waals surface area contributed by atoms with Gasteiger partial charge in [0, 0.05) is 23.8 Å². The van der Waals surface area contributed by atoms with Crippen LogP contribution in [0, 0.1) is 0 Å². The van der Waals surface area contributed by atoms with Gasteiger partial charge in [-0.25, -0.2) is 4.98 Å². The Balaban J connectivity index is 1.78. The van der Waals surface area contributed by atoms with Crippen molar-refractivity contribution < 1.29 is 4.79 Å². The highest BCUT2D eigenvalue weighted by atomic mass is 35.5. The summed E-state index contributed by atoms with van der Waals surface area (Å²) in [6, 6.07) is 7.01. The molecule has 0 unspecified atom stereocenters. The summed E-state index contributed by atoms with van der Waals surface area (Å²) < 4.78 is 0. The summed E-state index contributed by atoms with van der Waals surface area (Å²) in [6.07, 6.45) is 2.31. The molecule has 21 heavy (non-hydrogen) atoms. The van der Waals surface area contributed by atoms with Gasteiger partial charge in [-0.05, 0) is 31.0 Å². The molecule has 0 spiro atoms. The van der Waals surface area contributed by atoms with Gasteiger partial charge in [0.1, 0.15) is 10.7 Å². The van der Waals surface area contributed by atoms with Gasteiger partial charge in [-0.2, -0.15) is 0 Å². The number of nitrogens with one attached hydrogen (secondary N) is 1. The minimum atomic E-state index is -0.252. The molecule has 0 bridgehead atoms. The normalized spacial score (nSPS) is 14.4. The lowest BCUT2D eigenvalue weighted by molar-refractivity contribution is 0.103. The second-order valence-corrected chi connectivity index (χ2v) is 6.28. The average molecular weight is 323 g/mol. The SMILES string of the molecule is Nc1nc(N2CCCC2)sc1C(=O)Nc1cccc(Cl)c1. The van der Waals surface area contributed by atoms with Crippen LogP contribution in [0.2, 0.25) is 5.02 Å². The van der Waals surface area contributed by atoms with Crippen molar-refractivity contribution in [1.29, 1.82) is 0 Å². The van der Waals surface area contributed by atoms with Crippen LogP contribution in [0.4, 0.5) is 16.6 Å². The Morgan fingerprint density at radius 1 is 1.38 bits per heavy atom. The third-order valence-electron chi connectivity index (χ3n) is 3.31. The number of hydrogen-bond acceptors (Lipinski definition) is 5. The molecule has 0 aliphatic carbocycles. The second kappa shape index (κ2) is 5.91. The first-order chi connectivity index (χ1) is 10.1. The number of nitrogens with zero attached hydrogens (tertiary/aromatic N) is 2. The van der Waals surface area contributed by atoms with Crippen LogP contribution in [0.5, 0.6) is 0 Å². The number of nitrogens with two attached hydrogens (primary N) is 1. The number of benzene rings is 1. The highest BCUT2D eigenvalue weighted by molar-refractivity contribution is 7.18. The standard InChI is InChI=1S/C14H15ClN4OS/c15-9-4-3-5-10(8-9)17-13(20)11-12(16)18-14(21-11)19-6-1-2-7-19/h3-5,8H,1-2,6-7,16H2,(H,17,20). The van der Waals surface area contributed by atoms with E-state index in [0.29, 0.717) is 15.6 Å². The van der Waals surface area contributed by atoms with Gasteiger partial charge in [0.2, 0.25) is 0 Å². The fourth-order valence-electron chi connectivity index (χ4n) is 2.28. The summed E-state index contributed by atoms with van der Waals surface area (Å²) in [4.78, 5) is 19.2. The number of carbonyl (C=O) groups excluding carboxylic acids is 1. The number of amides is 1. The highest BCUT2D eigenvalue weighted by Crippen LogP contribution is 2.31. The topological polar surface area (TPSA) is 71.2 Å². The monoisotopic (exact) mass is 322 g/mol. The molecule has 1 amide bonds. The van der Waals surface area contributed by atoms with E-state index in [9.17, 15) is 4.79 Å². The molecule has 2 aromatic rings. The number of nitrogen functional groups attached to an aromatic ring is 1. The van der Waals surface area contributed by atoms with E-state index in [2.05, 4.69) is 15.2 Å². The first kappa shape index (κ1) is 14.2. The van der Waals surface area contributed by atoms with Crippen molar-refractivity contribution in [2.45, 2.75) is 12.8 Å². The molecule has 1 aliphatic heterocycles. The molecule has 1 aromatic carbocycles. The summed E-state index contributed by atoms with van der Waals surface area (Å²) in [7, 11) is 0. The van der Waals surface area contributed by atoms with Crippen LogP contribution in [-0.2, 0) is 0 Å². The van der Waals surface area contributed by atoms with Gasteiger partial charge in [-0.1, -0.05) is 29.0 Å². The Bertz CT molecular complexity index is 667. The number of hydrogen-bond donors (Lipinski definition) is 2. The molecular weight excluding hydrogens is 308 g/mol. The molecule has 0 atom stereocenters. The van der Waals surface area contributed by atoms with Crippen molar-refractivity contribution in [2.75, 3.05) is 29.0 Å². The number of rotatable bonds is 3. The average Bonchev–Trinajstić information content (AvgIpc) is 3.07. The molecule has 3 rings (SSSR count). The van der Waals surface area contributed by atoms with Gasteiger partial charge in [0.15, 0.2) is 5.13 Å². The number of anilines is 3. The zero-order valence-corrected chi connectivity index (χ0v) is 12.9. The van der Waals surface area contributed by atoms with Crippen LogP contribution in [0.3, 0.4) is 0 Å². The zero-order valence-electron chi connectivity index (χ0n) is 11.3. The van der Waals surface area contributed by atoms with Crippen LogP contribution in [-0.4, -0.2) is 24.0 Å². The van der Waals surface area contributed by atoms with E-state index in [4.69, 9.17) is 17.3 Å². The van der Waals surface area contributed by atoms with Crippen molar-refractivity contribution in [3.05, 3.63) is 34.2 Å². The van der Waals surface area contributed by atoms with E-state index in [0.717, 1.165) is 31.1 Å². The maximum Gasteiger partial charge on any atom is 0.269 e. The zero-order chi connectivity index (χ0) is 14.8. The first-order valence-corrected chi connectivity index (χ1v) is 7.91. The summed E-state index contributed by atoms with van der Waals surface area (Å²) in [5.41, 5.74) is 6.52. The van der Waals surface area contributed by atoms with Crippen LogP contribution in [0.15, 0.2) is 24.3 Å². The Labute approximate surface area is 131 Å². The van der Waals surface area contributed by atoms with Crippen LogP contribution in [0.25, 0.3) is 0 Å². The van der Waals surface area contributed by atoms with Gasteiger partial charge in [0.25, 0.3) is 5.91 Å². The van der Waals surface area contributed by atoms with Gasteiger partial charge in [0.05, 0.1) is 0 Å². The van der Waals surface area contributed by atoms with Crippen molar-refractivity contribution in [3.63, 3.8) is 0 Å². The summed E-state index contributed by atoms with van der Waals surface area (Å²) >= 11 is 7.24. The van der Waals surface area contributed by atoms with E-state index in [1.807, 2.05) is 0 Å². The quantitative estimate of drug-likeness (QED) is 0.910. The first-order valence-electron chi connectivity index (χ1n) is 6.71. The van der Waals surface area contributed by atoms with Crippen LogP contribution >= 0.6 is 22.9 Å². The third kappa shape index (κ3) is 3.11. The molecule has 0 radical (unpaired) electrons. The lowest BCUT2D eigenvalue weighted by Gasteiger charge is -2.11. The van der Waals surface area contributed by atoms with Gasteiger partial charge in [-0.3, -0.25) is 4.79 Å². The molecule has 0 saturated carbocycles. The summed E-state index contributed by atoms with van der Waals surface area (Å²) in [5.74, 6) is 0.0270. The summed E-state index contributed by atoms with van der Waals surface area (Å²) in [5, 5.41) is 4.18.